The molecule has 2 aromatic carbocycles. The molecule has 1 unspecified atom stereocenters. The summed E-state index contributed by atoms with van der Waals surface area (Å²) in [6.07, 6.45) is 2.70. The maximum Gasteiger partial charge on any atom is 0.156 e. The Morgan fingerprint density at radius 2 is 1.96 bits per heavy atom. The molecule has 0 aliphatic heterocycles. The van der Waals surface area contributed by atoms with Gasteiger partial charge in [-0.1, -0.05) is 0 Å². The van der Waals surface area contributed by atoms with Gasteiger partial charge in [-0.15, -0.1) is 0 Å². The Morgan fingerprint density at radius 3 is 2.58 bits per heavy atom. The van der Waals surface area contributed by atoms with Crippen LogP contribution in [0.1, 0.15) is 5.56 Å². The van der Waals surface area contributed by atoms with Crippen LogP contribution in [0.15, 0.2) is 53.6 Å². The van der Waals surface area contributed by atoms with Crippen molar-refractivity contribution in [2.75, 3.05) is 6.26 Å². The van der Waals surface area contributed by atoms with Crippen molar-refractivity contribution in [2.24, 2.45) is 0 Å². The standard InChI is InChI=1S/C17H12FN3O2S/c1-24(20,22)14-5-3-13(4-6-14)23-17-11(9-19)10-21-16-7-2-12(18)8-15(16)17/h2-8,10,20H,1H3. The molecule has 0 amide bonds. The van der Waals surface area contributed by atoms with Crippen molar-refractivity contribution in [3.8, 4) is 17.6 Å². The normalized spacial score (nSPS) is 13.2. The number of aromatic nitrogens is 1. The van der Waals surface area contributed by atoms with Gasteiger partial charge in [0.25, 0.3) is 0 Å². The summed E-state index contributed by atoms with van der Waals surface area (Å²) in [6.45, 7) is 0. The summed E-state index contributed by atoms with van der Waals surface area (Å²) in [5.41, 5.74) is 0.682. The van der Waals surface area contributed by atoms with E-state index in [0.717, 1.165) is 0 Å². The topological polar surface area (TPSA) is 86.8 Å². The maximum absolute atomic E-state index is 13.6. The third-order valence-corrected chi connectivity index (χ3v) is 4.57. The zero-order valence-electron chi connectivity index (χ0n) is 12.6. The number of hydrogen-bond acceptors (Lipinski definition) is 5. The molecule has 0 fully saturated rings. The average molecular weight is 341 g/mol. The second-order valence-electron chi connectivity index (χ2n) is 5.19. The van der Waals surface area contributed by atoms with Gasteiger partial charge in [0.1, 0.15) is 23.2 Å². The van der Waals surface area contributed by atoms with E-state index in [-0.39, 0.29) is 11.3 Å². The SMILES string of the molecule is CS(=N)(=O)c1ccc(Oc2c(C#N)cnc3ccc(F)cc23)cc1. The number of hydrogen-bond donors (Lipinski definition) is 1. The first-order valence-electron chi connectivity index (χ1n) is 6.88. The Kier molecular flexibility index (Phi) is 3.91. The van der Waals surface area contributed by atoms with Crippen LogP contribution in [-0.4, -0.2) is 15.4 Å². The first-order valence-corrected chi connectivity index (χ1v) is 8.85. The lowest BCUT2D eigenvalue weighted by Crippen LogP contribution is -1.96. The maximum atomic E-state index is 13.6. The van der Waals surface area contributed by atoms with E-state index in [4.69, 9.17) is 9.52 Å². The predicted octanol–water partition coefficient (Wildman–Crippen LogP) is 4.07. The van der Waals surface area contributed by atoms with Crippen molar-refractivity contribution in [3.63, 3.8) is 0 Å². The molecule has 3 rings (SSSR count). The fourth-order valence-electron chi connectivity index (χ4n) is 2.22. The lowest BCUT2D eigenvalue weighted by Gasteiger charge is -2.11. The van der Waals surface area contributed by atoms with Gasteiger partial charge in [0.15, 0.2) is 5.75 Å². The fraction of sp³-hybridized carbons (Fsp3) is 0.0588. The van der Waals surface area contributed by atoms with Gasteiger partial charge in [-0.25, -0.2) is 13.4 Å². The van der Waals surface area contributed by atoms with Gasteiger partial charge in [-0.3, -0.25) is 4.98 Å². The summed E-state index contributed by atoms with van der Waals surface area (Å²) in [5, 5.41) is 9.64. The van der Waals surface area contributed by atoms with Crippen LogP contribution in [-0.2, 0) is 9.73 Å². The van der Waals surface area contributed by atoms with Crippen LogP contribution in [0.5, 0.6) is 11.5 Å². The number of nitrogens with one attached hydrogen (secondary N) is 1. The molecular weight excluding hydrogens is 329 g/mol. The highest BCUT2D eigenvalue weighted by atomic mass is 32.2. The molecule has 0 saturated heterocycles. The number of ether oxygens (including phenoxy) is 1. The zero-order chi connectivity index (χ0) is 17.3. The smallest absolute Gasteiger partial charge is 0.156 e. The lowest BCUT2D eigenvalue weighted by molar-refractivity contribution is 0.485. The van der Waals surface area contributed by atoms with Gasteiger partial charge in [-0.05, 0) is 42.5 Å². The molecule has 1 N–H and O–H groups in total. The van der Waals surface area contributed by atoms with Crippen molar-refractivity contribution >= 4 is 20.6 Å². The van der Waals surface area contributed by atoms with Crippen LogP contribution in [0.2, 0.25) is 0 Å². The Labute approximate surface area is 138 Å². The molecule has 120 valence electrons. The van der Waals surface area contributed by atoms with Crippen molar-refractivity contribution < 1.29 is 13.3 Å². The highest BCUT2D eigenvalue weighted by molar-refractivity contribution is 7.91. The highest BCUT2D eigenvalue weighted by Gasteiger charge is 2.13. The second kappa shape index (κ2) is 5.91. The van der Waals surface area contributed by atoms with E-state index in [1.165, 1.54) is 42.8 Å². The van der Waals surface area contributed by atoms with Crippen molar-refractivity contribution in [1.29, 1.82) is 10.0 Å². The van der Waals surface area contributed by atoms with Gasteiger partial charge >= 0.3 is 0 Å². The van der Waals surface area contributed by atoms with Crippen LogP contribution in [0.4, 0.5) is 4.39 Å². The van der Waals surface area contributed by atoms with Crippen molar-refractivity contribution in [3.05, 3.63) is 60.0 Å². The highest BCUT2D eigenvalue weighted by Crippen LogP contribution is 2.33. The molecule has 0 radical (unpaired) electrons. The van der Waals surface area contributed by atoms with E-state index in [1.807, 2.05) is 6.07 Å². The minimum absolute atomic E-state index is 0.178. The fourth-order valence-corrected chi connectivity index (χ4v) is 2.87. The molecule has 1 aromatic heterocycles. The minimum atomic E-state index is -2.81. The second-order valence-corrected chi connectivity index (χ2v) is 7.35. The largest absolute Gasteiger partial charge is 0.455 e. The van der Waals surface area contributed by atoms with E-state index in [2.05, 4.69) is 4.98 Å². The molecule has 5 nitrogen and oxygen atoms in total. The minimum Gasteiger partial charge on any atom is -0.455 e. The van der Waals surface area contributed by atoms with Gasteiger partial charge in [-0.2, -0.15) is 5.26 Å². The molecule has 0 aliphatic rings. The van der Waals surface area contributed by atoms with E-state index >= 15 is 0 Å². The molecule has 0 aliphatic carbocycles. The van der Waals surface area contributed by atoms with Crippen LogP contribution in [0.25, 0.3) is 10.9 Å². The Bertz CT molecular complexity index is 1070. The molecular formula is C17H12FN3O2S. The average Bonchev–Trinajstić information content (AvgIpc) is 2.55. The molecule has 7 heteroatoms. The third kappa shape index (κ3) is 3.05. The Hall–Kier alpha value is -2.98. The number of nitrogens with zero attached hydrogens (tertiary/aromatic N) is 2. The first-order chi connectivity index (χ1) is 11.4. The molecule has 0 saturated carbocycles. The number of fused-ring (bicyclic) bond motifs is 1. The van der Waals surface area contributed by atoms with Gasteiger partial charge in [0.05, 0.1) is 15.2 Å². The molecule has 1 heterocycles. The summed E-state index contributed by atoms with van der Waals surface area (Å²) in [7, 11) is -2.81. The summed E-state index contributed by atoms with van der Waals surface area (Å²) < 4.78 is 38.6. The van der Waals surface area contributed by atoms with Gasteiger partial charge in [0, 0.05) is 22.7 Å². The van der Waals surface area contributed by atoms with E-state index in [9.17, 15) is 13.9 Å². The number of nitriles is 1. The number of benzene rings is 2. The van der Waals surface area contributed by atoms with E-state index in [0.29, 0.717) is 21.5 Å². The number of pyridine rings is 1. The number of rotatable bonds is 3. The van der Waals surface area contributed by atoms with Crippen LogP contribution in [0.3, 0.4) is 0 Å². The summed E-state index contributed by atoms with van der Waals surface area (Å²) in [5.74, 6) is 0.132. The van der Waals surface area contributed by atoms with Gasteiger partial charge in [0.2, 0.25) is 0 Å². The zero-order valence-corrected chi connectivity index (χ0v) is 13.4. The molecule has 0 spiro atoms. The van der Waals surface area contributed by atoms with Crippen molar-refractivity contribution in [2.45, 2.75) is 4.90 Å². The molecule has 0 bridgehead atoms. The lowest BCUT2D eigenvalue weighted by atomic mass is 10.1. The Balaban J connectivity index is 2.09. The van der Waals surface area contributed by atoms with E-state index in [1.54, 1.807) is 12.1 Å². The van der Waals surface area contributed by atoms with Crippen LogP contribution < -0.4 is 4.74 Å². The summed E-state index contributed by atoms with van der Waals surface area (Å²) >= 11 is 0. The Morgan fingerprint density at radius 1 is 1.25 bits per heavy atom. The van der Waals surface area contributed by atoms with Gasteiger partial charge < -0.3 is 4.74 Å². The predicted molar refractivity (Wildman–Crippen MR) is 88.0 cm³/mol. The number of halogens is 1. The van der Waals surface area contributed by atoms with Crippen molar-refractivity contribution in [1.82, 2.24) is 4.98 Å². The third-order valence-electron chi connectivity index (χ3n) is 3.39. The molecule has 1 atom stereocenters. The monoisotopic (exact) mass is 341 g/mol. The quantitative estimate of drug-likeness (QED) is 0.778. The summed E-state index contributed by atoms with van der Waals surface area (Å²) in [4.78, 5) is 4.49. The molecule has 24 heavy (non-hydrogen) atoms. The van der Waals surface area contributed by atoms with E-state index < -0.39 is 15.5 Å². The summed E-state index contributed by atoms with van der Waals surface area (Å²) in [6, 6.07) is 12.2. The molecule has 3 aromatic rings. The first kappa shape index (κ1) is 15.9. The van der Waals surface area contributed by atoms with Crippen LogP contribution in [0, 0.1) is 21.9 Å². The van der Waals surface area contributed by atoms with Crippen LogP contribution >= 0.6 is 0 Å².